The summed E-state index contributed by atoms with van der Waals surface area (Å²) in [4.78, 5) is 4.49. The van der Waals surface area contributed by atoms with Gasteiger partial charge in [-0.15, -0.1) is 0 Å². The van der Waals surface area contributed by atoms with Crippen molar-refractivity contribution >= 4 is 5.69 Å². The van der Waals surface area contributed by atoms with Crippen LogP contribution in [-0.4, -0.2) is 21.3 Å². The minimum absolute atomic E-state index is 0.874. The molecule has 0 amide bonds. The summed E-state index contributed by atoms with van der Waals surface area (Å²) in [6.07, 6.45) is 1.77. The molecule has 0 spiro atoms. The zero-order valence-electron chi connectivity index (χ0n) is 11.3. The summed E-state index contributed by atoms with van der Waals surface area (Å²) in [5.74, 6) is 1.95. The Balaban J connectivity index is 1.88. The second-order valence-corrected chi connectivity index (χ2v) is 4.46. The highest BCUT2D eigenvalue weighted by atomic mass is 15.3. The lowest BCUT2D eigenvalue weighted by molar-refractivity contribution is 0.694. The first-order valence-corrected chi connectivity index (χ1v) is 6.38. The molecule has 0 saturated carbocycles. The van der Waals surface area contributed by atoms with Gasteiger partial charge < -0.3 is 5.32 Å². The summed E-state index contributed by atoms with van der Waals surface area (Å²) in [5, 5.41) is 7.74. The molecule has 4 heteroatoms. The maximum absolute atomic E-state index is 4.49. The number of hydrogen-bond acceptors (Lipinski definition) is 3. The van der Waals surface area contributed by atoms with Gasteiger partial charge in [0.05, 0.1) is 0 Å². The van der Waals surface area contributed by atoms with E-state index in [4.69, 9.17) is 0 Å². The van der Waals surface area contributed by atoms with Gasteiger partial charge in [0.2, 0.25) is 0 Å². The summed E-state index contributed by atoms with van der Waals surface area (Å²) in [5.41, 5.74) is 2.43. The number of hydrogen-bond donors (Lipinski definition) is 1. The molecule has 0 aliphatic carbocycles. The normalized spacial score (nSPS) is 10.6. The Morgan fingerprint density at radius 2 is 1.94 bits per heavy atom. The van der Waals surface area contributed by atoms with Gasteiger partial charge in [-0.1, -0.05) is 24.6 Å². The Labute approximate surface area is 108 Å². The quantitative estimate of drug-likeness (QED) is 0.878. The highest BCUT2D eigenvalue weighted by molar-refractivity contribution is 5.44. The number of anilines is 1. The lowest BCUT2D eigenvalue weighted by Crippen LogP contribution is -2.09. The monoisotopic (exact) mass is 244 g/mol. The fraction of sp³-hybridized carbons (Fsp3) is 0.429. The third-order valence-electron chi connectivity index (χ3n) is 2.94. The molecule has 0 aliphatic rings. The zero-order chi connectivity index (χ0) is 13.0. The van der Waals surface area contributed by atoms with Crippen LogP contribution in [-0.2, 0) is 19.9 Å². The summed E-state index contributed by atoms with van der Waals surface area (Å²) in [6, 6.07) is 8.42. The van der Waals surface area contributed by atoms with Crippen molar-refractivity contribution in [2.75, 3.05) is 11.9 Å². The molecule has 1 aromatic carbocycles. The molecule has 0 aliphatic heterocycles. The fourth-order valence-corrected chi connectivity index (χ4v) is 1.83. The molecule has 0 unspecified atom stereocenters. The summed E-state index contributed by atoms with van der Waals surface area (Å²) in [7, 11) is 1.95. The van der Waals surface area contributed by atoms with Crippen molar-refractivity contribution in [3.8, 4) is 0 Å². The van der Waals surface area contributed by atoms with Gasteiger partial charge in [0.15, 0.2) is 5.82 Å². The standard InChI is InChI=1S/C14H20N4/c1-4-13-16-14(18(3)17-13)9-10-15-12-7-5-11(2)6-8-12/h5-8,15H,4,9-10H2,1-3H3. The van der Waals surface area contributed by atoms with E-state index in [9.17, 15) is 0 Å². The first kappa shape index (κ1) is 12.6. The van der Waals surface area contributed by atoms with Crippen LogP contribution >= 0.6 is 0 Å². The highest BCUT2D eigenvalue weighted by Crippen LogP contribution is 2.08. The molecular weight excluding hydrogens is 224 g/mol. The minimum Gasteiger partial charge on any atom is -0.385 e. The van der Waals surface area contributed by atoms with Gasteiger partial charge >= 0.3 is 0 Å². The Kier molecular flexibility index (Phi) is 3.97. The third-order valence-corrected chi connectivity index (χ3v) is 2.94. The van der Waals surface area contributed by atoms with Gasteiger partial charge in [0.1, 0.15) is 5.82 Å². The first-order valence-electron chi connectivity index (χ1n) is 6.38. The number of nitrogens with zero attached hydrogens (tertiary/aromatic N) is 3. The van der Waals surface area contributed by atoms with Crippen LogP contribution in [0.5, 0.6) is 0 Å². The molecule has 0 atom stereocenters. The molecule has 2 aromatic rings. The van der Waals surface area contributed by atoms with E-state index in [0.29, 0.717) is 0 Å². The third kappa shape index (κ3) is 3.09. The van der Waals surface area contributed by atoms with E-state index in [1.165, 1.54) is 5.56 Å². The minimum atomic E-state index is 0.874. The molecule has 4 nitrogen and oxygen atoms in total. The van der Waals surface area contributed by atoms with Gasteiger partial charge in [-0.05, 0) is 19.1 Å². The van der Waals surface area contributed by atoms with Crippen LogP contribution in [0.15, 0.2) is 24.3 Å². The van der Waals surface area contributed by atoms with Crippen molar-refractivity contribution in [1.82, 2.24) is 14.8 Å². The Morgan fingerprint density at radius 3 is 2.56 bits per heavy atom. The second-order valence-electron chi connectivity index (χ2n) is 4.46. The van der Waals surface area contributed by atoms with E-state index in [-0.39, 0.29) is 0 Å². The van der Waals surface area contributed by atoms with E-state index >= 15 is 0 Å². The maximum atomic E-state index is 4.49. The average molecular weight is 244 g/mol. The molecule has 1 N–H and O–H groups in total. The number of aromatic nitrogens is 3. The van der Waals surface area contributed by atoms with Crippen LogP contribution in [0.25, 0.3) is 0 Å². The van der Waals surface area contributed by atoms with Gasteiger partial charge in [-0.3, -0.25) is 4.68 Å². The van der Waals surface area contributed by atoms with Crippen molar-refractivity contribution in [2.45, 2.75) is 26.7 Å². The molecule has 18 heavy (non-hydrogen) atoms. The number of nitrogens with one attached hydrogen (secondary N) is 1. The zero-order valence-corrected chi connectivity index (χ0v) is 11.3. The molecule has 0 saturated heterocycles. The summed E-state index contributed by atoms with van der Waals surface area (Å²) < 4.78 is 1.87. The lowest BCUT2D eigenvalue weighted by atomic mass is 10.2. The van der Waals surface area contributed by atoms with Gasteiger partial charge in [0.25, 0.3) is 0 Å². The number of benzene rings is 1. The molecule has 0 radical (unpaired) electrons. The largest absolute Gasteiger partial charge is 0.385 e. The highest BCUT2D eigenvalue weighted by Gasteiger charge is 2.04. The summed E-state index contributed by atoms with van der Waals surface area (Å²) in [6.45, 7) is 5.04. The number of aryl methyl sites for hydroxylation is 3. The summed E-state index contributed by atoms with van der Waals surface area (Å²) >= 11 is 0. The van der Waals surface area contributed by atoms with Crippen molar-refractivity contribution in [3.63, 3.8) is 0 Å². The van der Waals surface area contributed by atoms with E-state index < -0.39 is 0 Å². The Hall–Kier alpha value is -1.84. The topological polar surface area (TPSA) is 42.7 Å². The van der Waals surface area contributed by atoms with Gasteiger partial charge in [-0.25, -0.2) is 4.98 Å². The number of rotatable bonds is 5. The predicted molar refractivity (Wildman–Crippen MR) is 73.8 cm³/mol. The maximum Gasteiger partial charge on any atom is 0.150 e. The van der Waals surface area contributed by atoms with E-state index in [1.54, 1.807) is 0 Å². The van der Waals surface area contributed by atoms with Gasteiger partial charge in [-0.2, -0.15) is 5.10 Å². The van der Waals surface area contributed by atoms with Crippen LogP contribution in [0.3, 0.4) is 0 Å². The van der Waals surface area contributed by atoms with E-state index in [1.807, 2.05) is 11.7 Å². The smallest absolute Gasteiger partial charge is 0.150 e. The van der Waals surface area contributed by atoms with Crippen molar-refractivity contribution in [2.24, 2.45) is 7.05 Å². The van der Waals surface area contributed by atoms with Crippen molar-refractivity contribution < 1.29 is 0 Å². The Morgan fingerprint density at radius 1 is 1.22 bits per heavy atom. The van der Waals surface area contributed by atoms with Crippen LogP contribution in [0.4, 0.5) is 5.69 Å². The fourth-order valence-electron chi connectivity index (χ4n) is 1.83. The second kappa shape index (κ2) is 5.67. The first-order chi connectivity index (χ1) is 8.69. The van der Waals surface area contributed by atoms with Crippen LogP contribution in [0.1, 0.15) is 24.1 Å². The SMILES string of the molecule is CCc1nc(CCNc2ccc(C)cc2)n(C)n1. The van der Waals surface area contributed by atoms with Crippen LogP contribution in [0, 0.1) is 6.92 Å². The molecule has 1 heterocycles. The van der Waals surface area contributed by atoms with Crippen LogP contribution < -0.4 is 5.32 Å². The molecule has 1 aromatic heterocycles. The lowest BCUT2D eigenvalue weighted by Gasteiger charge is -2.06. The van der Waals surface area contributed by atoms with Crippen LogP contribution in [0.2, 0.25) is 0 Å². The molecule has 2 rings (SSSR count). The Bertz CT molecular complexity index is 499. The molecule has 0 bridgehead atoms. The van der Waals surface area contributed by atoms with Crippen molar-refractivity contribution in [1.29, 1.82) is 0 Å². The molecular formula is C14H20N4. The van der Waals surface area contributed by atoms with E-state index in [2.05, 4.69) is 53.5 Å². The van der Waals surface area contributed by atoms with Gasteiger partial charge in [0, 0.05) is 32.1 Å². The average Bonchev–Trinajstić information content (AvgIpc) is 2.73. The predicted octanol–water partition coefficient (Wildman–Crippen LogP) is 2.34. The molecule has 0 fully saturated rings. The van der Waals surface area contributed by atoms with E-state index in [0.717, 1.165) is 36.7 Å². The molecule has 96 valence electrons. The van der Waals surface area contributed by atoms with Crippen molar-refractivity contribution in [3.05, 3.63) is 41.5 Å².